The number of rotatable bonds is 4. The van der Waals surface area contributed by atoms with Crippen LogP contribution in [0.1, 0.15) is 5.56 Å². The monoisotopic (exact) mass is 352 g/mol. The average Bonchev–Trinajstić information content (AvgIpc) is 2.96. The van der Waals surface area contributed by atoms with E-state index >= 15 is 0 Å². The predicted octanol–water partition coefficient (Wildman–Crippen LogP) is 5.04. The summed E-state index contributed by atoms with van der Waals surface area (Å²) in [6, 6.07) is 11.9. The molecule has 0 aliphatic rings. The van der Waals surface area contributed by atoms with Crippen LogP contribution in [0.25, 0.3) is 11.5 Å². The molecular formula is C15H10Cl2N2O2S. The van der Waals surface area contributed by atoms with Crippen molar-refractivity contribution in [2.45, 2.75) is 11.0 Å². The van der Waals surface area contributed by atoms with Gasteiger partial charge >= 0.3 is 0 Å². The van der Waals surface area contributed by atoms with Crippen LogP contribution in [0, 0.1) is 0 Å². The molecule has 1 aromatic heterocycles. The molecule has 0 saturated heterocycles. The van der Waals surface area contributed by atoms with Crippen molar-refractivity contribution in [1.29, 1.82) is 0 Å². The fourth-order valence-electron chi connectivity index (χ4n) is 1.77. The molecule has 0 amide bonds. The van der Waals surface area contributed by atoms with Crippen LogP contribution in [-0.4, -0.2) is 15.3 Å². The predicted molar refractivity (Wildman–Crippen MR) is 87.4 cm³/mol. The molecule has 22 heavy (non-hydrogen) atoms. The van der Waals surface area contributed by atoms with Gasteiger partial charge in [0.15, 0.2) is 0 Å². The number of benzene rings is 2. The van der Waals surface area contributed by atoms with E-state index in [1.165, 1.54) is 11.8 Å². The van der Waals surface area contributed by atoms with E-state index in [-0.39, 0.29) is 5.75 Å². The first-order chi connectivity index (χ1) is 10.6. The topological polar surface area (TPSA) is 59.2 Å². The quantitative estimate of drug-likeness (QED) is 0.666. The summed E-state index contributed by atoms with van der Waals surface area (Å²) in [7, 11) is 0. The Bertz CT molecular complexity index is 790. The summed E-state index contributed by atoms with van der Waals surface area (Å²) in [4.78, 5) is 0. The molecule has 0 aliphatic carbocycles. The summed E-state index contributed by atoms with van der Waals surface area (Å²) >= 11 is 13.4. The Hall–Kier alpha value is -1.69. The van der Waals surface area contributed by atoms with E-state index < -0.39 is 0 Å². The molecule has 7 heteroatoms. The Labute approximate surface area is 141 Å². The molecule has 0 bridgehead atoms. The van der Waals surface area contributed by atoms with Crippen molar-refractivity contribution in [1.82, 2.24) is 10.2 Å². The van der Waals surface area contributed by atoms with Crippen LogP contribution in [-0.2, 0) is 5.75 Å². The Kier molecular flexibility index (Phi) is 4.57. The molecule has 4 nitrogen and oxygen atoms in total. The highest BCUT2D eigenvalue weighted by atomic mass is 35.5. The highest BCUT2D eigenvalue weighted by Crippen LogP contribution is 2.29. The van der Waals surface area contributed by atoms with Crippen LogP contribution >= 0.6 is 35.0 Å². The SMILES string of the molecule is Oc1ccc(-c2nnc(SCc3ccc(Cl)cc3Cl)o2)cc1. The van der Waals surface area contributed by atoms with Gasteiger partial charge in [0.25, 0.3) is 5.22 Å². The Morgan fingerprint density at radius 1 is 1.05 bits per heavy atom. The van der Waals surface area contributed by atoms with Crippen molar-refractivity contribution in [3.63, 3.8) is 0 Å². The van der Waals surface area contributed by atoms with Gasteiger partial charge in [0, 0.05) is 21.4 Å². The molecule has 0 unspecified atom stereocenters. The normalized spacial score (nSPS) is 10.8. The second-order valence-corrected chi connectivity index (χ2v) is 6.21. The minimum atomic E-state index is 0.190. The zero-order valence-electron chi connectivity index (χ0n) is 11.2. The van der Waals surface area contributed by atoms with Crippen LogP contribution in [0.4, 0.5) is 0 Å². The number of phenolic OH excluding ortho intramolecular Hbond substituents is 1. The van der Waals surface area contributed by atoms with Crippen molar-refractivity contribution in [2.24, 2.45) is 0 Å². The summed E-state index contributed by atoms with van der Waals surface area (Å²) < 4.78 is 5.58. The highest BCUT2D eigenvalue weighted by Gasteiger charge is 2.10. The van der Waals surface area contributed by atoms with Gasteiger partial charge in [-0.15, -0.1) is 10.2 Å². The Morgan fingerprint density at radius 3 is 2.55 bits per heavy atom. The third-order valence-electron chi connectivity index (χ3n) is 2.89. The van der Waals surface area contributed by atoms with E-state index in [9.17, 15) is 5.11 Å². The van der Waals surface area contributed by atoms with Crippen LogP contribution in [0.2, 0.25) is 10.0 Å². The molecule has 1 N–H and O–H groups in total. The van der Waals surface area contributed by atoms with Gasteiger partial charge in [-0.05, 0) is 42.0 Å². The van der Waals surface area contributed by atoms with Crippen LogP contribution in [0.5, 0.6) is 5.75 Å². The number of hydrogen-bond donors (Lipinski definition) is 1. The molecule has 0 atom stereocenters. The molecule has 3 rings (SSSR count). The van der Waals surface area contributed by atoms with Gasteiger partial charge in [-0.3, -0.25) is 0 Å². The number of nitrogens with zero attached hydrogens (tertiary/aromatic N) is 2. The summed E-state index contributed by atoms with van der Waals surface area (Å²) in [5.74, 6) is 1.20. The van der Waals surface area contributed by atoms with Gasteiger partial charge in [-0.2, -0.15) is 0 Å². The Morgan fingerprint density at radius 2 is 1.82 bits per heavy atom. The lowest BCUT2D eigenvalue weighted by molar-refractivity contribution is 0.465. The third-order valence-corrected chi connectivity index (χ3v) is 4.34. The molecule has 3 aromatic rings. The summed E-state index contributed by atoms with van der Waals surface area (Å²) in [6.45, 7) is 0. The third kappa shape index (κ3) is 3.55. The molecule has 2 aromatic carbocycles. The maximum absolute atomic E-state index is 9.27. The number of aromatic nitrogens is 2. The zero-order chi connectivity index (χ0) is 15.5. The number of aromatic hydroxyl groups is 1. The number of halogens is 2. The molecular weight excluding hydrogens is 343 g/mol. The molecule has 1 heterocycles. The van der Waals surface area contributed by atoms with Crippen molar-refractivity contribution in [3.05, 3.63) is 58.1 Å². The van der Waals surface area contributed by atoms with Gasteiger partial charge in [0.1, 0.15) is 5.75 Å². The fourth-order valence-corrected chi connectivity index (χ4v) is 3.09. The van der Waals surface area contributed by atoms with Crippen molar-refractivity contribution >= 4 is 35.0 Å². The minimum absolute atomic E-state index is 0.190. The van der Waals surface area contributed by atoms with Crippen molar-refractivity contribution in [3.8, 4) is 17.2 Å². The maximum Gasteiger partial charge on any atom is 0.277 e. The zero-order valence-corrected chi connectivity index (χ0v) is 13.5. The molecule has 112 valence electrons. The summed E-state index contributed by atoms with van der Waals surface area (Å²) in [5, 5.41) is 18.9. The van der Waals surface area contributed by atoms with E-state index in [1.54, 1.807) is 36.4 Å². The number of thioether (sulfide) groups is 1. The maximum atomic E-state index is 9.27. The Balaban J connectivity index is 1.70. The largest absolute Gasteiger partial charge is 0.508 e. The number of hydrogen-bond acceptors (Lipinski definition) is 5. The highest BCUT2D eigenvalue weighted by molar-refractivity contribution is 7.98. The molecule has 0 spiro atoms. The summed E-state index contributed by atoms with van der Waals surface area (Å²) in [5.41, 5.74) is 1.70. The van der Waals surface area contributed by atoms with Gasteiger partial charge in [0.05, 0.1) is 0 Å². The van der Waals surface area contributed by atoms with Crippen molar-refractivity contribution in [2.75, 3.05) is 0 Å². The lowest BCUT2D eigenvalue weighted by atomic mass is 10.2. The van der Waals surface area contributed by atoms with E-state index in [2.05, 4.69) is 10.2 Å². The van der Waals surface area contributed by atoms with Gasteiger partial charge < -0.3 is 9.52 Å². The molecule has 0 radical (unpaired) electrons. The van der Waals surface area contributed by atoms with Gasteiger partial charge in [-0.1, -0.05) is 41.0 Å². The molecule has 0 fully saturated rings. The van der Waals surface area contributed by atoms with E-state index in [4.69, 9.17) is 27.6 Å². The van der Waals surface area contributed by atoms with Crippen LogP contribution in [0.15, 0.2) is 52.1 Å². The van der Waals surface area contributed by atoms with Crippen molar-refractivity contribution < 1.29 is 9.52 Å². The minimum Gasteiger partial charge on any atom is -0.508 e. The second kappa shape index (κ2) is 6.60. The molecule has 0 aliphatic heterocycles. The second-order valence-electron chi connectivity index (χ2n) is 4.44. The van der Waals surface area contributed by atoms with Gasteiger partial charge in [0.2, 0.25) is 5.89 Å². The number of phenols is 1. The van der Waals surface area contributed by atoms with E-state index in [1.807, 2.05) is 6.07 Å². The lowest BCUT2D eigenvalue weighted by Gasteiger charge is -2.02. The lowest BCUT2D eigenvalue weighted by Crippen LogP contribution is -1.82. The first-order valence-electron chi connectivity index (χ1n) is 6.31. The first-order valence-corrected chi connectivity index (χ1v) is 8.05. The first kappa shape index (κ1) is 15.2. The van der Waals surface area contributed by atoms with E-state index in [0.29, 0.717) is 26.9 Å². The van der Waals surface area contributed by atoms with Crippen LogP contribution in [0.3, 0.4) is 0 Å². The standard InChI is InChI=1S/C15H10Cl2N2O2S/c16-11-4-1-10(13(17)7-11)8-22-15-19-18-14(21-15)9-2-5-12(20)6-3-9/h1-7,20H,8H2. The molecule has 0 saturated carbocycles. The van der Waals surface area contributed by atoms with Crippen LogP contribution < -0.4 is 0 Å². The summed E-state index contributed by atoms with van der Waals surface area (Å²) in [6.07, 6.45) is 0. The fraction of sp³-hybridized carbons (Fsp3) is 0.0667. The van der Waals surface area contributed by atoms with Gasteiger partial charge in [-0.25, -0.2) is 0 Å². The average molecular weight is 353 g/mol. The smallest absolute Gasteiger partial charge is 0.277 e. The van der Waals surface area contributed by atoms with E-state index in [0.717, 1.165) is 11.1 Å².